The number of carbonyl (C=O) groups excluding carboxylic acids is 1. The number of halogens is 3. The molecule has 19 heavy (non-hydrogen) atoms. The van der Waals surface area contributed by atoms with Gasteiger partial charge in [-0.3, -0.25) is 4.79 Å². The number of carbonyl (C=O) groups is 1. The Morgan fingerprint density at radius 3 is 2.63 bits per heavy atom. The van der Waals surface area contributed by atoms with Gasteiger partial charge in [-0.25, -0.2) is 13.8 Å². The Hall–Kier alpha value is -1.82. The van der Waals surface area contributed by atoms with Crippen LogP contribution in [0.15, 0.2) is 34.9 Å². The van der Waals surface area contributed by atoms with E-state index in [9.17, 15) is 13.6 Å². The summed E-state index contributed by atoms with van der Waals surface area (Å²) < 4.78 is 26.6. The van der Waals surface area contributed by atoms with E-state index >= 15 is 0 Å². The SMILES string of the molecule is Cc1cc(NC(=O)c2ccc(F)c(F)c2)ncc1Br. The topological polar surface area (TPSA) is 42.0 Å². The Labute approximate surface area is 116 Å². The van der Waals surface area contributed by atoms with E-state index in [1.807, 2.05) is 6.92 Å². The lowest BCUT2D eigenvalue weighted by atomic mass is 10.2. The van der Waals surface area contributed by atoms with Crippen LogP contribution in [0.3, 0.4) is 0 Å². The van der Waals surface area contributed by atoms with Crippen LogP contribution >= 0.6 is 15.9 Å². The predicted molar refractivity (Wildman–Crippen MR) is 71.0 cm³/mol. The third-order valence-electron chi connectivity index (χ3n) is 2.47. The van der Waals surface area contributed by atoms with E-state index in [-0.39, 0.29) is 5.56 Å². The van der Waals surface area contributed by atoms with Crippen molar-refractivity contribution in [1.29, 1.82) is 0 Å². The Morgan fingerprint density at radius 1 is 1.26 bits per heavy atom. The van der Waals surface area contributed by atoms with E-state index in [1.54, 1.807) is 12.3 Å². The zero-order chi connectivity index (χ0) is 14.0. The lowest BCUT2D eigenvalue weighted by molar-refractivity contribution is 0.102. The summed E-state index contributed by atoms with van der Waals surface area (Å²) in [6.07, 6.45) is 1.55. The molecule has 0 aliphatic heterocycles. The molecule has 0 saturated carbocycles. The molecule has 1 aromatic heterocycles. The number of nitrogens with zero attached hydrogens (tertiary/aromatic N) is 1. The van der Waals surface area contributed by atoms with E-state index in [0.717, 1.165) is 22.2 Å². The molecule has 1 aromatic carbocycles. The van der Waals surface area contributed by atoms with Gasteiger partial charge in [-0.1, -0.05) is 0 Å². The monoisotopic (exact) mass is 326 g/mol. The van der Waals surface area contributed by atoms with Gasteiger partial charge in [0.2, 0.25) is 0 Å². The molecule has 6 heteroatoms. The van der Waals surface area contributed by atoms with Crippen molar-refractivity contribution in [3.63, 3.8) is 0 Å². The minimum Gasteiger partial charge on any atom is -0.307 e. The van der Waals surface area contributed by atoms with Crippen molar-refractivity contribution in [2.45, 2.75) is 6.92 Å². The molecule has 0 radical (unpaired) electrons. The molecule has 1 N–H and O–H groups in total. The van der Waals surface area contributed by atoms with Crippen molar-refractivity contribution in [3.8, 4) is 0 Å². The highest BCUT2D eigenvalue weighted by molar-refractivity contribution is 9.10. The van der Waals surface area contributed by atoms with Gasteiger partial charge in [0.05, 0.1) is 0 Å². The fourth-order valence-electron chi connectivity index (χ4n) is 1.43. The van der Waals surface area contributed by atoms with Crippen molar-refractivity contribution >= 4 is 27.7 Å². The maximum atomic E-state index is 13.0. The molecule has 0 unspecified atom stereocenters. The number of hydrogen-bond donors (Lipinski definition) is 1. The average Bonchev–Trinajstić information content (AvgIpc) is 2.37. The van der Waals surface area contributed by atoms with E-state index in [2.05, 4.69) is 26.2 Å². The Bertz CT molecular complexity index is 647. The average molecular weight is 327 g/mol. The van der Waals surface area contributed by atoms with Crippen LogP contribution in [0.5, 0.6) is 0 Å². The predicted octanol–water partition coefficient (Wildman–Crippen LogP) is 3.68. The molecule has 0 aliphatic rings. The van der Waals surface area contributed by atoms with Crippen LogP contribution in [0.1, 0.15) is 15.9 Å². The van der Waals surface area contributed by atoms with Crippen LogP contribution in [0.4, 0.5) is 14.6 Å². The number of anilines is 1. The van der Waals surface area contributed by atoms with Crippen molar-refractivity contribution in [1.82, 2.24) is 4.98 Å². The zero-order valence-electron chi connectivity index (χ0n) is 9.88. The van der Waals surface area contributed by atoms with Crippen LogP contribution in [0.25, 0.3) is 0 Å². The Morgan fingerprint density at radius 2 is 2.00 bits per heavy atom. The standard InChI is InChI=1S/C13H9BrF2N2O/c1-7-4-12(17-6-9(7)14)18-13(19)8-2-3-10(15)11(16)5-8/h2-6H,1H3,(H,17,18,19). The first-order valence-electron chi connectivity index (χ1n) is 5.36. The largest absolute Gasteiger partial charge is 0.307 e. The smallest absolute Gasteiger partial charge is 0.256 e. The summed E-state index contributed by atoms with van der Waals surface area (Å²) in [7, 11) is 0. The maximum absolute atomic E-state index is 13.0. The molecule has 0 bridgehead atoms. The molecule has 98 valence electrons. The number of pyridine rings is 1. The van der Waals surface area contributed by atoms with Crippen LogP contribution < -0.4 is 5.32 Å². The highest BCUT2D eigenvalue weighted by Gasteiger charge is 2.10. The molecule has 1 heterocycles. The van der Waals surface area contributed by atoms with E-state index in [1.165, 1.54) is 6.07 Å². The van der Waals surface area contributed by atoms with Crippen LogP contribution in [0.2, 0.25) is 0 Å². The highest BCUT2D eigenvalue weighted by Crippen LogP contribution is 2.18. The summed E-state index contributed by atoms with van der Waals surface area (Å²) >= 11 is 3.29. The van der Waals surface area contributed by atoms with Crippen LogP contribution in [0, 0.1) is 18.6 Å². The molecular weight excluding hydrogens is 318 g/mol. The first-order chi connectivity index (χ1) is 8.97. The van der Waals surface area contributed by atoms with E-state index in [0.29, 0.717) is 5.82 Å². The molecule has 0 atom stereocenters. The minimum atomic E-state index is -1.06. The van der Waals surface area contributed by atoms with Crippen LogP contribution in [-0.4, -0.2) is 10.9 Å². The van der Waals surface area contributed by atoms with Gasteiger partial charge in [0.25, 0.3) is 5.91 Å². The second-order valence-corrected chi connectivity index (χ2v) is 4.76. The third kappa shape index (κ3) is 3.14. The van der Waals surface area contributed by atoms with Gasteiger partial charge in [-0.05, 0) is 52.7 Å². The van der Waals surface area contributed by atoms with Crippen molar-refractivity contribution < 1.29 is 13.6 Å². The molecule has 0 saturated heterocycles. The summed E-state index contributed by atoms with van der Waals surface area (Å²) in [4.78, 5) is 15.8. The van der Waals surface area contributed by atoms with Gasteiger partial charge in [0.1, 0.15) is 5.82 Å². The van der Waals surface area contributed by atoms with E-state index in [4.69, 9.17) is 0 Å². The number of benzene rings is 1. The molecule has 3 nitrogen and oxygen atoms in total. The lowest BCUT2D eigenvalue weighted by Gasteiger charge is -2.06. The number of rotatable bonds is 2. The fourth-order valence-corrected chi connectivity index (χ4v) is 1.65. The number of nitrogens with one attached hydrogen (secondary N) is 1. The van der Waals surface area contributed by atoms with Gasteiger partial charge in [-0.15, -0.1) is 0 Å². The third-order valence-corrected chi connectivity index (χ3v) is 3.30. The summed E-state index contributed by atoms with van der Waals surface area (Å²) in [5.74, 6) is -2.26. The highest BCUT2D eigenvalue weighted by atomic mass is 79.9. The Kier molecular flexibility index (Phi) is 3.90. The first kappa shape index (κ1) is 13.6. The molecular formula is C13H9BrF2N2O. The summed E-state index contributed by atoms with van der Waals surface area (Å²) in [6, 6.07) is 4.63. The maximum Gasteiger partial charge on any atom is 0.256 e. The molecule has 2 rings (SSSR count). The van der Waals surface area contributed by atoms with Crippen molar-refractivity contribution in [2.75, 3.05) is 5.32 Å². The summed E-state index contributed by atoms with van der Waals surface area (Å²) in [5.41, 5.74) is 0.928. The molecule has 2 aromatic rings. The van der Waals surface area contributed by atoms with Gasteiger partial charge < -0.3 is 5.32 Å². The summed E-state index contributed by atoms with van der Waals surface area (Å²) in [5, 5.41) is 2.51. The van der Waals surface area contributed by atoms with Gasteiger partial charge in [-0.2, -0.15) is 0 Å². The fraction of sp³-hybridized carbons (Fsp3) is 0.0769. The molecule has 0 aliphatic carbocycles. The second-order valence-electron chi connectivity index (χ2n) is 3.90. The number of amides is 1. The van der Waals surface area contributed by atoms with Gasteiger partial charge in [0.15, 0.2) is 11.6 Å². The summed E-state index contributed by atoms with van der Waals surface area (Å²) in [6.45, 7) is 1.85. The number of aryl methyl sites for hydroxylation is 1. The van der Waals surface area contributed by atoms with Gasteiger partial charge >= 0.3 is 0 Å². The minimum absolute atomic E-state index is 0.0290. The number of aromatic nitrogens is 1. The van der Waals surface area contributed by atoms with E-state index < -0.39 is 17.5 Å². The zero-order valence-corrected chi connectivity index (χ0v) is 11.5. The quantitative estimate of drug-likeness (QED) is 0.914. The van der Waals surface area contributed by atoms with Crippen molar-refractivity contribution in [3.05, 3.63) is 57.7 Å². The molecule has 0 fully saturated rings. The molecule has 1 amide bonds. The van der Waals surface area contributed by atoms with Crippen molar-refractivity contribution in [2.24, 2.45) is 0 Å². The first-order valence-corrected chi connectivity index (χ1v) is 6.15. The van der Waals surface area contributed by atoms with Crippen LogP contribution in [-0.2, 0) is 0 Å². The normalized spacial score (nSPS) is 10.3. The second kappa shape index (κ2) is 5.44. The Balaban J connectivity index is 2.20. The lowest BCUT2D eigenvalue weighted by Crippen LogP contribution is -2.13. The number of hydrogen-bond acceptors (Lipinski definition) is 2. The van der Waals surface area contributed by atoms with Gasteiger partial charge in [0, 0.05) is 16.2 Å². The molecule has 0 spiro atoms.